The fraction of sp³-hybridized carbons (Fsp3) is 0.533. The Morgan fingerprint density at radius 2 is 2.00 bits per heavy atom. The molecule has 0 fully saturated rings. The molecule has 0 bridgehead atoms. The Bertz CT molecular complexity index is 413. The van der Waals surface area contributed by atoms with E-state index in [0.29, 0.717) is 5.92 Å². The van der Waals surface area contributed by atoms with Crippen LogP contribution in [-0.4, -0.2) is 25.0 Å². The summed E-state index contributed by atoms with van der Waals surface area (Å²) in [6.45, 7) is 6.59. The van der Waals surface area contributed by atoms with E-state index >= 15 is 0 Å². The lowest BCUT2D eigenvalue weighted by atomic mass is 9.92. The van der Waals surface area contributed by atoms with Crippen molar-refractivity contribution in [2.45, 2.75) is 39.5 Å². The molecular formula is C15H24N2O. The lowest BCUT2D eigenvalue weighted by Crippen LogP contribution is -2.27. The van der Waals surface area contributed by atoms with E-state index in [2.05, 4.69) is 38.2 Å². The fourth-order valence-electron chi connectivity index (χ4n) is 1.93. The first-order valence-electron chi connectivity index (χ1n) is 6.60. The Morgan fingerprint density at radius 1 is 1.33 bits per heavy atom. The highest BCUT2D eigenvalue weighted by atomic mass is 16.2. The molecule has 1 aromatic carbocycles. The van der Waals surface area contributed by atoms with Gasteiger partial charge >= 0.3 is 6.03 Å². The van der Waals surface area contributed by atoms with Gasteiger partial charge < -0.3 is 10.2 Å². The Balaban J connectivity index is 2.95. The molecule has 0 aromatic heterocycles. The van der Waals surface area contributed by atoms with Crippen molar-refractivity contribution < 1.29 is 4.79 Å². The largest absolute Gasteiger partial charge is 0.331 e. The number of hydrogen-bond acceptors (Lipinski definition) is 1. The molecule has 1 N–H and O–H groups in total. The van der Waals surface area contributed by atoms with Gasteiger partial charge in [0, 0.05) is 19.8 Å². The van der Waals surface area contributed by atoms with Gasteiger partial charge in [0.05, 0.1) is 0 Å². The molecule has 2 amide bonds. The van der Waals surface area contributed by atoms with Gasteiger partial charge in [-0.15, -0.1) is 0 Å². The lowest BCUT2D eigenvalue weighted by Gasteiger charge is -2.17. The minimum absolute atomic E-state index is 0.0895. The van der Waals surface area contributed by atoms with Crippen LogP contribution in [0.3, 0.4) is 0 Å². The van der Waals surface area contributed by atoms with E-state index in [1.54, 1.807) is 14.1 Å². The fourth-order valence-corrected chi connectivity index (χ4v) is 1.93. The van der Waals surface area contributed by atoms with Crippen LogP contribution in [0, 0.1) is 0 Å². The number of nitrogens with one attached hydrogen (secondary N) is 1. The number of benzene rings is 1. The Morgan fingerprint density at radius 3 is 2.50 bits per heavy atom. The molecule has 0 aliphatic carbocycles. The van der Waals surface area contributed by atoms with Crippen LogP contribution in [0.25, 0.3) is 0 Å². The summed E-state index contributed by atoms with van der Waals surface area (Å²) in [5, 5.41) is 2.89. The van der Waals surface area contributed by atoms with Gasteiger partial charge in [-0.05, 0) is 42.0 Å². The van der Waals surface area contributed by atoms with Crippen molar-refractivity contribution in [1.82, 2.24) is 4.90 Å². The number of amides is 2. The molecule has 1 unspecified atom stereocenters. The molecule has 1 aromatic rings. The Kier molecular flexibility index (Phi) is 5.20. The maximum atomic E-state index is 11.6. The number of urea groups is 1. The summed E-state index contributed by atoms with van der Waals surface area (Å²) in [6, 6.07) is 6.12. The quantitative estimate of drug-likeness (QED) is 0.862. The van der Waals surface area contributed by atoms with E-state index in [1.165, 1.54) is 16.0 Å². The summed E-state index contributed by atoms with van der Waals surface area (Å²) in [6.07, 6.45) is 2.13. The third-order valence-electron chi connectivity index (χ3n) is 3.32. The highest BCUT2D eigenvalue weighted by molar-refractivity contribution is 5.89. The highest BCUT2D eigenvalue weighted by Crippen LogP contribution is 2.26. The lowest BCUT2D eigenvalue weighted by molar-refractivity contribution is 0.230. The predicted molar refractivity (Wildman–Crippen MR) is 77.2 cm³/mol. The second-order valence-electron chi connectivity index (χ2n) is 4.90. The predicted octanol–water partition coefficient (Wildman–Crippen LogP) is 3.86. The molecular weight excluding hydrogens is 224 g/mol. The van der Waals surface area contributed by atoms with Crippen molar-refractivity contribution in [2.75, 3.05) is 19.4 Å². The molecule has 1 atom stereocenters. The summed E-state index contributed by atoms with van der Waals surface area (Å²) in [5.74, 6) is 0.568. The average Bonchev–Trinajstić information content (AvgIpc) is 2.37. The van der Waals surface area contributed by atoms with Crippen LogP contribution < -0.4 is 5.32 Å². The molecule has 0 radical (unpaired) electrons. The maximum Gasteiger partial charge on any atom is 0.321 e. The van der Waals surface area contributed by atoms with Crippen molar-refractivity contribution in [3.05, 3.63) is 29.3 Å². The molecule has 0 saturated carbocycles. The van der Waals surface area contributed by atoms with Gasteiger partial charge in [-0.1, -0.05) is 26.8 Å². The number of carbonyl (C=O) groups excluding carboxylic acids is 1. The van der Waals surface area contributed by atoms with Crippen molar-refractivity contribution in [2.24, 2.45) is 0 Å². The van der Waals surface area contributed by atoms with E-state index in [1.807, 2.05) is 6.07 Å². The average molecular weight is 248 g/mol. The Labute approximate surface area is 110 Å². The molecule has 0 aliphatic heterocycles. The van der Waals surface area contributed by atoms with Crippen LogP contribution >= 0.6 is 0 Å². The second kappa shape index (κ2) is 6.43. The van der Waals surface area contributed by atoms with Gasteiger partial charge in [-0.2, -0.15) is 0 Å². The van der Waals surface area contributed by atoms with Gasteiger partial charge in [0.1, 0.15) is 0 Å². The number of carbonyl (C=O) groups is 1. The minimum atomic E-state index is -0.0895. The number of hydrogen-bond donors (Lipinski definition) is 1. The van der Waals surface area contributed by atoms with E-state index < -0.39 is 0 Å². The van der Waals surface area contributed by atoms with Crippen molar-refractivity contribution in [3.63, 3.8) is 0 Å². The van der Waals surface area contributed by atoms with Crippen molar-refractivity contribution in [3.8, 4) is 0 Å². The molecule has 1 rings (SSSR count). The first kappa shape index (κ1) is 14.6. The monoisotopic (exact) mass is 248 g/mol. The van der Waals surface area contributed by atoms with Crippen LogP contribution in [0.1, 0.15) is 44.2 Å². The number of aryl methyl sites for hydroxylation is 1. The van der Waals surface area contributed by atoms with Gasteiger partial charge in [0.15, 0.2) is 0 Å². The van der Waals surface area contributed by atoms with E-state index in [4.69, 9.17) is 0 Å². The topological polar surface area (TPSA) is 32.3 Å². The van der Waals surface area contributed by atoms with E-state index in [9.17, 15) is 4.79 Å². The molecule has 0 spiro atoms. The summed E-state index contributed by atoms with van der Waals surface area (Å²) >= 11 is 0. The SMILES string of the molecule is CCc1cc(NC(=O)N(C)C)ccc1C(C)CC. The molecule has 18 heavy (non-hydrogen) atoms. The minimum Gasteiger partial charge on any atom is -0.331 e. The van der Waals surface area contributed by atoms with Crippen LogP contribution in [0.4, 0.5) is 10.5 Å². The molecule has 3 nitrogen and oxygen atoms in total. The third kappa shape index (κ3) is 3.49. The van der Waals surface area contributed by atoms with Crippen molar-refractivity contribution in [1.29, 1.82) is 0 Å². The molecule has 0 saturated heterocycles. The molecule has 0 heterocycles. The summed E-state index contributed by atoms with van der Waals surface area (Å²) in [5.41, 5.74) is 3.58. The van der Waals surface area contributed by atoms with Gasteiger partial charge in [-0.25, -0.2) is 4.79 Å². The van der Waals surface area contributed by atoms with Crippen LogP contribution in [0.2, 0.25) is 0 Å². The molecule has 3 heteroatoms. The maximum absolute atomic E-state index is 11.6. The van der Waals surface area contributed by atoms with Crippen LogP contribution in [0.15, 0.2) is 18.2 Å². The second-order valence-corrected chi connectivity index (χ2v) is 4.90. The first-order chi connectivity index (χ1) is 8.49. The van der Waals surface area contributed by atoms with Crippen LogP contribution in [0.5, 0.6) is 0 Å². The highest BCUT2D eigenvalue weighted by Gasteiger charge is 2.10. The molecule has 0 aliphatic rings. The van der Waals surface area contributed by atoms with E-state index in [0.717, 1.165) is 18.5 Å². The van der Waals surface area contributed by atoms with E-state index in [-0.39, 0.29) is 6.03 Å². The standard InChI is InChI=1S/C15H24N2O/c1-6-11(3)14-9-8-13(10-12(14)7-2)16-15(18)17(4)5/h8-11H,6-7H2,1-5H3,(H,16,18). The zero-order chi connectivity index (χ0) is 13.7. The van der Waals surface area contributed by atoms with Gasteiger partial charge in [-0.3, -0.25) is 0 Å². The van der Waals surface area contributed by atoms with Crippen molar-refractivity contribution >= 4 is 11.7 Å². The number of anilines is 1. The number of nitrogens with zero attached hydrogens (tertiary/aromatic N) is 1. The summed E-state index contributed by atoms with van der Waals surface area (Å²) in [7, 11) is 3.48. The zero-order valence-electron chi connectivity index (χ0n) is 12.1. The zero-order valence-corrected chi connectivity index (χ0v) is 12.1. The first-order valence-corrected chi connectivity index (χ1v) is 6.60. The molecule has 100 valence electrons. The summed E-state index contributed by atoms with van der Waals surface area (Å²) in [4.78, 5) is 13.1. The smallest absolute Gasteiger partial charge is 0.321 e. The Hall–Kier alpha value is -1.51. The number of rotatable bonds is 4. The van der Waals surface area contributed by atoms with Gasteiger partial charge in [0.25, 0.3) is 0 Å². The summed E-state index contributed by atoms with van der Waals surface area (Å²) < 4.78 is 0. The van der Waals surface area contributed by atoms with Gasteiger partial charge in [0.2, 0.25) is 0 Å². The third-order valence-corrected chi connectivity index (χ3v) is 3.32. The normalized spacial score (nSPS) is 12.1. The van der Waals surface area contributed by atoms with Crippen LogP contribution in [-0.2, 0) is 6.42 Å².